The minimum Gasteiger partial charge on any atom is -0.339 e. The molecular weight excluding hydrogens is 380 g/mol. The molecule has 0 radical (unpaired) electrons. The average Bonchev–Trinajstić information content (AvgIpc) is 2.81. The van der Waals surface area contributed by atoms with Crippen LogP contribution >= 0.6 is 11.6 Å². The van der Waals surface area contributed by atoms with Crippen molar-refractivity contribution in [3.05, 3.63) is 108 Å². The van der Waals surface area contributed by atoms with Gasteiger partial charge in [0, 0.05) is 26.2 Å². The molecule has 1 heterocycles. The Morgan fingerprint density at radius 3 is 1.52 bits per heavy atom. The van der Waals surface area contributed by atoms with Gasteiger partial charge in [0.25, 0.3) is 0 Å². The van der Waals surface area contributed by atoms with Crippen molar-refractivity contribution in [3.8, 4) is 0 Å². The highest BCUT2D eigenvalue weighted by atomic mass is 35.5. The molecule has 3 aromatic carbocycles. The molecule has 1 amide bonds. The number of hydrogen-bond donors (Lipinski definition) is 0. The Bertz CT molecular complexity index is 870. The zero-order valence-corrected chi connectivity index (χ0v) is 17.1. The van der Waals surface area contributed by atoms with Crippen molar-refractivity contribution in [3.63, 3.8) is 0 Å². The van der Waals surface area contributed by atoms with Crippen LogP contribution in [-0.4, -0.2) is 41.9 Å². The van der Waals surface area contributed by atoms with Crippen molar-refractivity contribution >= 4 is 17.5 Å². The Morgan fingerprint density at radius 1 is 0.655 bits per heavy atom. The van der Waals surface area contributed by atoms with E-state index in [1.807, 2.05) is 47.4 Å². The first-order valence-corrected chi connectivity index (χ1v) is 10.5. The summed E-state index contributed by atoms with van der Waals surface area (Å²) in [6.45, 7) is 3.01. The largest absolute Gasteiger partial charge is 0.339 e. The van der Waals surface area contributed by atoms with Crippen LogP contribution in [0.1, 0.15) is 28.1 Å². The van der Waals surface area contributed by atoms with E-state index in [9.17, 15) is 4.79 Å². The molecule has 0 saturated carbocycles. The van der Waals surface area contributed by atoms with Gasteiger partial charge in [-0.2, -0.15) is 0 Å². The molecule has 0 N–H and O–H groups in total. The first-order chi connectivity index (χ1) is 14.2. The second-order valence-corrected chi connectivity index (χ2v) is 7.79. The molecule has 148 valence electrons. The third-order valence-electron chi connectivity index (χ3n) is 5.53. The summed E-state index contributed by atoms with van der Waals surface area (Å²) in [5, 5.41) is -0.623. The molecular formula is C25H25ClN2O. The standard InChI is InChI=1S/C25H25ClN2O/c26-23(20-10-4-1-5-11-20)25(29)28-18-16-27(17-19-28)24(21-12-6-2-7-13-21)22-14-8-3-9-15-22/h1-15,23-24H,16-19H2/t23-/m0/s1. The molecule has 3 nitrogen and oxygen atoms in total. The molecule has 0 unspecified atom stereocenters. The van der Waals surface area contributed by atoms with Crippen LogP contribution < -0.4 is 0 Å². The summed E-state index contributed by atoms with van der Waals surface area (Å²) >= 11 is 6.48. The van der Waals surface area contributed by atoms with E-state index >= 15 is 0 Å². The quantitative estimate of drug-likeness (QED) is 0.564. The molecule has 1 atom stereocenters. The fourth-order valence-electron chi connectivity index (χ4n) is 4.01. The van der Waals surface area contributed by atoms with E-state index in [0.717, 1.165) is 18.7 Å². The zero-order valence-electron chi connectivity index (χ0n) is 16.3. The van der Waals surface area contributed by atoms with Crippen molar-refractivity contribution in [1.29, 1.82) is 0 Å². The maximum absolute atomic E-state index is 12.9. The lowest BCUT2D eigenvalue weighted by Crippen LogP contribution is -2.50. The summed E-state index contributed by atoms with van der Waals surface area (Å²) in [5.41, 5.74) is 3.41. The third kappa shape index (κ3) is 4.52. The van der Waals surface area contributed by atoms with Gasteiger partial charge in [0.2, 0.25) is 5.91 Å². The van der Waals surface area contributed by atoms with Crippen molar-refractivity contribution in [2.24, 2.45) is 0 Å². The number of carbonyl (C=O) groups is 1. The highest BCUT2D eigenvalue weighted by Crippen LogP contribution is 2.30. The lowest BCUT2D eigenvalue weighted by Gasteiger charge is -2.40. The molecule has 1 fully saturated rings. The van der Waals surface area contributed by atoms with E-state index in [1.165, 1.54) is 11.1 Å². The van der Waals surface area contributed by atoms with E-state index in [4.69, 9.17) is 11.6 Å². The molecule has 1 aliphatic heterocycles. The van der Waals surface area contributed by atoms with Gasteiger partial charge in [-0.1, -0.05) is 91.0 Å². The molecule has 4 heteroatoms. The average molecular weight is 405 g/mol. The summed E-state index contributed by atoms with van der Waals surface area (Å²) in [7, 11) is 0. The third-order valence-corrected chi connectivity index (χ3v) is 5.97. The predicted octanol–water partition coefficient (Wildman–Crippen LogP) is 4.90. The fraction of sp³-hybridized carbons (Fsp3) is 0.240. The maximum Gasteiger partial charge on any atom is 0.245 e. The Morgan fingerprint density at radius 2 is 1.07 bits per heavy atom. The number of halogens is 1. The minimum absolute atomic E-state index is 0.00603. The zero-order chi connectivity index (χ0) is 20.1. The number of benzene rings is 3. The molecule has 0 aromatic heterocycles. The van der Waals surface area contributed by atoms with E-state index in [2.05, 4.69) is 53.4 Å². The van der Waals surface area contributed by atoms with Gasteiger partial charge in [0.15, 0.2) is 0 Å². The lowest BCUT2D eigenvalue weighted by molar-refractivity contribution is -0.132. The highest BCUT2D eigenvalue weighted by molar-refractivity contribution is 6.30. The van der Waals surface area contributed by atoms with Crippen LogP contribution in [0.15, 0.2) is 91.0 Å². The number of nitrogens with zero attached hydrogens (tertiary/aromatic N) is 2. The predicted molar refractivity (Wildman–Crippen MR) is 118 cm³/mol. The highest BCUT2D eigenvalue weighted by Gasteiger charge is 2.30. The summed E-state index contributed by atoms with van der Waals surface area (Å²) in [6.07, 6.45) is 0. The molecule has 1 aliphatic rings. The number of carbonyl (C=O) groups excluding carboxylic acids is 1. The van der Waals surface area contributed by atoms with Crippen LogP contribution in [-0.2, 0) is 4.79 Å². The SMILES string of the molecule is O=C([C@@H](Cl)c1ccccc1)N1CCN(C(c2ccccc2)c2ccccc2)CC1. The van der Waals surface area contributed by atoms with Gasteiger partial charge in [0.1, 0.15) is 5.38 Å². The molecule has 4 rings (SSSR count). The fourth-order valence-corrected chi connectivity index (χ4v) is 4.29. The van der Waals surface area contributed by atoms with Gasteiger partial charge in [0.05, 0.1) is 6.04 Å². The van der Waals surface area contributed by atoms with E-state index in [-0.39, 0.29) is 11.9 Å². The first kappa shape index (κ1) is 19.7. The molecule has 0 aliphatic carbocycles. The first-order valence-electron chi connectivity index (χ1n) is 10.1. The second-order valence-electron chi connectivity index (χ2n) is 7.36. The second kappa shape index (κ2) is 9.25. The number of piperazine rings is 1. The topological polar surface area (TPSA) is 23.6 Å². The van der Waals surface area contributed by atoms with Gasteiger partial charge >= 0.3 is 0 Å². The summed E-state index contributed by atoms with van der Waals surface area (Å²) < 4.78 is 0. The normalized spacial score (nSPS) is 16.0. The van der Waals surface area contributed by atoms with E-state index in [1.54, 1.807) is 0 Å². The Hall–Kier alpha value is -2.62. The van der Waals surface area contributed by atoms with Crippen LogP contribution in [0, 0.1) is 0 Å². The number of hydrogen-bond acceptors (Lipinski definition) is 2. The maximum atomic E-state index is 12.9. The van der Waals surface area contributed by atoms with Crippen LogP contribution in [0.4, 0.5) is 0 Å². The Balaban J connectivity index is 1.48. The summed E-state index contributed by atoms with van der Waals surface area (Å²) in [5.74, 6) is -0.00603. The minimum atomic E-state index is -0.623. The van der Waals surface area contributed by atoms with Gasteiger partial charge < -0.3 is 4.90 Å². The number of rotatable bonds is 5. The molecule has 1 saturated heterocycles. The monoisotopic (exact) mass is 404 g/mol. The van der Waals surface area contributed by atoms with E-state index in [0.29, 0.717) is 13.1 Å². The summed E-state index contributed by atoms with van der Waals surface area (Å²) in [6, 6.07) is 30.9. The van der Waals surface area contributed by atoms with Gasteiger partial charge in [-0.15, -0.1) is 11.6 Å². The van der Waals surface area contributed by atoms with Gasteiger partial charge in [-0.25, -0.2) is 0 Å². The lowest BCUT2D eigenvalue weighted by atomic mass is 9.96. The number of amides is 1. The summed E-state index contributed by atoms with van der Waals surface area (Å²) in [4.78, 5) is 17.2. The van der Waals surface area contributed by atoms with Crippen LogP contribution in [0.2, 0.25) is 0 Å². The van der Waals surface area contributed by atoms with Crippen molar-refractivity contribution in [1.82, 2.24) is 9.80 Å². The smallest absolute Gasteiger partial charge is 0.245 e. The molecule has 0 bridgehead atoms. The Kier molecular flexibility index (Phi) is 6.28. The van der Waals surface area contributed by atoms with Crippen LogP contribution in [0.5, 0.6) is 0 Å². The van der Waals surface area contributed by atoms with Crippen molar-refractivity contribution in [2.75, 3.05) is 26.2 Å². The van der Waals surface area contributed by atoms with E-state index < -0.39 is 5.38 Å². The molecule has 3 aromatic rings. The van der Waals surface area contributed by atoms with Crippen molar-refractivity contribution in [2.45, 2.75) is 11.4 Å². The number of alkyl halides is 1. The van der Waals surface area contributed by atoms with Crippen LogP contribution in [0.25, 0.3) is 0 Å². The molecule has 29 heavy (non-hydrogen) atoms. The van der Waals surface area contributed by atoms with Gasteiger partial charge in [-0.3, -0.25) is 9.69 Å². The van der Waals surface area contributed by atoms with Gasteiger partial charge in [-0.05, 0) is 16.7 Å². The molecule has 0 spiro atoms. The van der Waals surface area contributed by atoms with Crippen LogP contribution in [0.3, 0.4) is 0 Å². The van der Waals surface area contributed by atoms with Crippen molar-refractivity contribution < 1.29 is 4.79 Å². The Labute approximate surface area is 177 Å².